The van der Waals surface area contributed by atoms with Gasteiger partial charge in [0, 0.05) is 5.56 Å². The predicted molar refractivity (Wildman–Crippen MR) is 71.4 cm³/mol. The summed E-state index contributed by atoms with van der Waals surface area (Å²) in [6.07, 6.45) is 3.99. The average molecular weight is 264 g/mol. The predicted octanol–water partition coefficient (Wildman–Crippen LogP) is 1.94. The van der Waals surface area contributed by atoms with E-state index in [4.69, 9.17) is 9.84 Å². The molecule has 0 saturated heterocycles. The first kappa shape index (κ1) is 14.0. The molecule has 4 heteroatoms. The van der Waals surface area contributed by atoms with Crippen LogP contribution in [0.3, 0.4) is 0 Å². The fourth-order valence-corrected chi connectivity index (χ4v) is 2.50. The van der Waals surface area contributed by atoms with Gasteiger partial charge in [-0.1, -0.05) is 19.3 Å². The number of hydrogen-bond donors (Lipinski definition) is 2. The molecule has 1 aliphatic carbocycles. The van der Waals surface area contributed by atoms with E-state index >= 15 is 0 Å². The molecule has 1 aromatic rings. The number of ketones is 1. The van der Waals surface area contributed by atoms with Crippen LogP contribution in [0.25, 0.3) is 0 Å². The van der Waals surface area contributed by atoms with E-state index in [-0.39, 0.29) is 19.0 Å². The van der Waals surface area contributed by atoms with Gasteiger partial charge in [-0.15, -0.1) is 0 Å². The van der Waals surface area contributed by atoms with Crippen molar-refractivity contribution < 1.29 is 19.7 Å². The van der Waals surface area contributed by atoms with Crippen molar-refractivity contribution >= 4 is 5.78 Å². The molecule has 19 heavy (non-hydrogen) atoms. The van der Waals surface area contributed by atoms with Gasteiger partial charge in [0.15, 0.2) is 5.78 Å². The third-order valence-electron chi connectivity index (χ3n) is 3.58. The number of ether oxygens (including phenoxy) is 1. The number of aliphatic hydroxyl groups is 2. The van der Waals surface area contributed by atoms with Crippen molar-refractivity contribution in [1.29, 1.82) is 0 Å². The lowest BCUT2D eigenvalue weighted by Gasteiger charge is -2.30. The molecule has 0 radical (unpaired) electrons. The van der Waals surface area contributed by atoms with E-state index in [2.05, 4.69) is 0 Å². The molecule has 1 saturated carbocycles. The van der Waals surface area contributed by atoms with Crippen LogP contribution in [0.2, 0.25) is 0 Å². The fraction of sp³-hybridized carbons (Fsp3) is 0.533. The van der Waals surface area contributed by atoms with Crippen LogP contribution in [0.5, 0.6) is 5.75 Å². The maximum absolute atomic E-state index is 12.3. The van der Waals surface area contributed by atoms with Crippen LogP contribution in [-0.2, 0) is 0 Å². The molecule has 1 fully saturated rings. The van der Waals surface area contributed by atoms with Crippen molar-refractivity contribution in [3.63, 3.8) is 0 Å². The summed E-state index contributed by atoms with van der Waals surface area (Å²) in [5, 5.41) is 19.1. The van der Waals surface area contributed by atoms with E-state index < -0.39 is 5.60 Å². The second-order valence-corrected chi connectivity index (χ2v) is 5.02. The molecule has 0 aliphatic heterocycles. The number of Topliss-reactive ketones (excluding diaryl/α,β-unsaturated/α-hetero) is 1. The highest BCUT2D eigenvalue weighted by Gasteiger charge is 2.37. The van der Waals surface area contributed by atoms with Crippen LogP contribution in [0.15, 0.2) is 24.3 Å². The van der Waals surface area contributed by atoms with E-state index in [0.717, 1.165) is 19.3 Å². The van der Waals surface area contributed by atoms with Gasteiger partial charge in [-0.25, -0.2) is 0 Å². The topological polar surface area (TPSA) is 66.8 Å². The molecule has 104 valence electrons. The molecule has 2 rings (SSSR count). The normalized spacial score (nSPS) is 18.0. The minimum atomic E-state index is -1.19. The Hall–Kier alpha value is -1.39. The first-order chi connectivity index (χ1) is 9.15. The summed E-state index contributed by atoms with van der Waals surface area (Å²) in [5.74, 6) is 0.419. The Kier molecular flexibility index (Phi) is 4.56. The second kappa shape index (κ2) is 6.17. The summed E-state index contributed by atoms with van der Waals surface area (Å²) < 4.78 is 5.24. The molecule has 1 aromatic carbocycles. The van der Waals surface area contributed by atoms with Crippen LogP contribution >= 0.6 is 0 Å². The van der Waals surface area contributed by atoms with Gasteiger partial charge < -0.3 is 14.9 Å². The molecule has 0 unspecified atom stereocenters. The number of rotatable bonds is 5. The Morgan fingerprint density at radius 2 is 1.79 bits per heavy atom. The molecule has 0 bridgehead atoms. The van der Waals surface area contributed by atoms with Crippen LogP contribution in [0.1, 0.15) is 42.5 Å². The standard InChI is InChI=1S/C15H20O4/c16-10-11-19-13-6-4-12(5-7-13)14(17)15(18)8-2-1-3-9-15/h4-7,16,18H,1-3,8-11H2. The summed E-state index contributed by atoms with van der Waals surface area (Å²) in [4.78, 5) is 12.3. The van der Waals surface area contributed by atoms with Crippen LogP contribution in [0.4, 0.5) is 0 Å². The summed E-state index contributed by atoms with van der Waals surface area (Å²) in [6.45, 7) is 0.192. The Morgan fingerprint density at radius 3 is 2.37 bits per heavy atom. The Labute approximate surface area is 113 Å². The summed E-state index contributed by atoms with van der Waals surface area (Å²) in [5.41, 5.74) is -0.674. The Morgan fingerprint density at radius 1 is 1.16 bits per heavy atom. The van der Waals surface area contributed by atoms with E-state index in [1.54, 1.807) is 24.3 Å². The van der Waals surface area contributed by atoms with Gasteiger partial charge in [-0.05, 0) is 37.1 Å². The molecule has 0 amide bonds. The van der Waals surface area contributed by atoms with Crippen LogP contribution in [0, 0.1) is 0 Å². The monoisotopic (exact) mass is 264 g/mol. The highest BCUT2D eigenvalue weighted by molar-refractivity contribution is 6.02. The van der Waals surface area contributed by atoms with Gasteiger partial charge in [0.2, 0.25) is 0 Å². The quantitative estimate of drug-likeness (QED) is 0.798. The largest absolute Gasteiger partial charge is 0.491 e. The zero-order valence-corrected chi connectivity index (χ0v) is 11.0. The van der Waals surface area contributed by atoms with Crippen molar-refractivity contribution in [1.82, 2.24) is 0 Å². The zero-order chi connectivity index (χ0) is 13.7. The lowest BCUT2D eigenvalue weighted by Crippen LogP contribution is -2.40. The molecule has 0 heterocycles. The molecule has 0 atom stereocenters. The van der Waals surface area contributed by atoms with E-state index in [0.29, 0.717) is 24.2 Å². The molecule has 0 aromatic heterocycles. The third-order valence-corrected chi connectivity index (χ3v) is 3.58. The van der Waals surface area contributed by atoms with Gasteiger partial charge >= 0.3 is 0 Å². The maximum atomic E-state index is 12.3. The number of benzene rings is 1. The minimum absolute atomic E-state index is 0.0412. The smallest absolute Gasteiger partial charge is 0.194 e. The number of carbonyl (C=O) groups excluding carboxylic acids is 1. The van der Waals surface area contributed by atoms with E-state index in [1.165, 1.54) is 0 Å². The van der Waals surface area contributed by atoms with E-state index in [1.807, 2.05) is 0 Å². The van der Waals surface area contributed by atoms with E-state index in [9.17, 15) is 9.90 Å². The SMILES string of the molecule is O=C(c1ccc(OCCO)cc1)C1(O)CCCCC1. The first-order valence-electron chi connectivity index (χ1n) is 6.77. The number of hydrogen-bond acceptors (Lipinski definition) is 4. The number of carbonyl (C=O) groups is 1. The molecule has 1 aliphatic rings. The highest BCUT2D eigenvalue weighted by atomic mass is 16.5. The van der Waals surface area contributed by atoms with Crippen molar-refractivity contribution in [3.8, 4) is 5.75 Å². The third kappa shape index (κ3) is 3.33. The van der Waals surface area contributed by atoms with Crippen molar-refractivity contribution in [3.05, 3.63) is 29.8 Å². The van der Waals surface area contributed by atoms with Crippen LogP contribution < -0.4 is 4.74 Å². The molecule has 2 N–H and O–H groups in total. The first-order valence-corrected chi connectivity index (χ1v) is 6.77. The summed E-state index contributed by atoms with van der Waals surface area (Å²) in [6, 6.07) is 6.72. The summed E-state index contributed by atoms with van der Waals surface area (Å²) in [7, 11) is 0. The minimum Gasteiger partial charge on any atom is -0.491 e. The molecule has 0 spiro atoms. The van der Waals surface area contributed by atoms with Gasteiger partial charge in [-0.2, -0.15) is 0 Å². The van der Waals surface area contributed by atoms with Gasteiger partial charge in [0.1, 0.15) is 18.0 Å². The van der Waals surface area contributed by atoms with Crippen molar-refractivity contribution in [2.75, 3.05) is 13.2 Å². The Bertz CT molecular complexity index is 418. The van der Waals surface area contributed by atoms with Crippen molar-refractivity contribution in [2.24, 2.45) is 0 Å². The lowest BCUT2D eigenvalue weighted by atomic mass is 9.79. The summed E-state index contributed by atoms with van der Waals surface area (Å²) >= 11 is 0. The highest BCUT2D eigenvalue weighted by Crippen LogP contribution is 2.31. The molecular formula is C15H20O4. The second-order valence-electron chi connectivity index (χ2n) is 5.02. The number of aliphatic hydroxyl groups excluding tert-OH is 1. The van der Waals surface area contributed by atoms with Gasteiger partial charge in [0.05, 0.1) is 6.61 Å². The van der Waals surface area contributed by atoms with Crippen LogP contribution in [-0.4, -0.2) is 34.8 Å². The average Bonchev–Trinajstić information content (AvgIpc) is 2.46. The fourth-order valence-electron chi connectivity index (χ4n) is 2.50. The molecular weight excluding hydrogens is 244 g/mol. The van der Waals surface area contributed by atoms with Crippen molar-refractivity contribution in [2.45, 2.75) is 37.7 Å². The zero-order valence-electron chi connectivity index (χ0n) is 11.0. The molecule has 4 nitrogen and oxygen atoms in total. The van der Waals surface area contributed by atoms with Gasteiger partial charge in [-0.3, -0.25) is 4.79 Å². The maximum Gasteiger partial charge on any atom is 0.194 e. The lowest BCUT2D eigenvalue weighted by molar-refractivity contribution is 0.0116. The van der Waals surface area contributed by atoms with Gasteiger partial charge in [0.25, 0.3) is 0 Å². The Balaban J connectivity index is 2.06.